The molecule has 112 valence electrons. The Morgan fingerprint density at radius 1 is 1.35 bits per heavy atom. The van der Waals surface area contributed by atoms with E-state index >= 15 is 0 Å². The number of hydrogen-bond donors (Lipinski definition) is 0. The van der Waals surface area contributed by atoms with Gasteiger partial charge in [0.25, 0.3) is 0 Å². The van der Waals surface area contributed by atoms with Gasteiger partial charge in [-0.3, -0.25) is 0 Å². The molecule has 0 saturated heterocycles. The molecule has 0 bridgehead atoms. The predicted molar refractivity (Wildman–Crippen MR) is 68.2 cm³/mol. The Labute approximate surface area is 115 Å². The second-order valence-corrected chi connectivity index (χ2v) is 5.83. The molecule has 0 radical (unpaired) electrons. The van der Waals surface area contributed by atoms with Gasteiger partial charge in [-0.15, -0.1) is 0 Å². The summed E-state index contributed by atoms with van der Waals surface area (Å²) < 4.78 is 57.0. The van der Waals surface area contributed by atoms with Crippen LogP contribution in [-0.4, -0.2) is 13.5 Å². The van der Waals surface area contributed by atoms with Crippen molar-refractivity contribution in [3.05, 3.63) is 29.3 Å². The predicted octanol–water partition coefficient (Wildman–Crippen LogP) is 4.90. The third-order valence-electron chi connectivity index (χ3n) is 4.21. The molecule has 0 heterocycles. The van der Waals surface area contributed by atoms with Gasteiger partial charge in [0.15, 0.2) is 11.6 Å². The quantitative estimate of drug-likeness (QED) is 0.716. The third kappa shape index (κ3) is 2.91. The molecule has 1 saturated carbocycles. The number of alkyl halides is 2. The largest absolute Gasteiger partial charge is 0.493 e. The first-order valence-corrected chi connectivity index (χ1v) is 6.66. The smallest absolute Gasteiger partial charge is 0.239 e. The van der Waals surface area contributed by atoms with Crippen LogP contribution >= 0.6 is 0 Å². The van der Waals surface area contributed by atoms with Crippen LogP contribution in [0.5, 0.6) is 5.75 Å². The van der Waals surface area contributed by atoms with Crippen molar-refractivity contribution in [1.82, 2.24) is 0 Å². The topological polar surface area (TPSA) is 9.23 Å². The van der Waals surface area contributed by atoms with Crippen molar-refractivity contribution in [2.24, 2.45) is 5.41 Å². The summed E-state index contributed by atoms with van der Waals surface area (Å²) in [4.78, 5) is 0. The summed E-state index contributed by atoms with van der Waals surface area (Å²) in [6, 6.07) is 2.56. The number of benzene rings is 1. The van der Waals surface area contributed by atoms with Crippen LogP contribution in [0.3, 0.4) is 0 Å². The van der Waals surface area contributed by atoms with Crippen LogP contribution in [0.15, 0.2) is 12.1 Å². The van der Waals surface area contributed by atoms with Crippen molar-refractivity contribution in [2.75, 3.05) is 7.11 Å². The average Bonchev–Trinajstić information content (AvgIpc) is 2.73. The minimum atomic E-state index is -2.34. The number of rotatable bonds is 4. The van der Waals surface area contributed by atoms with Crippen LogP contribution in [0.2, 0.25) is 0 Å². The maximum absolute atomic E-state index is 13.7. The van der Waals surface area contributed by atoms with Gasteiger partial charge >= 0.3 is 0 Å². The lowest BCUT2D eigenvalue weighted by Crippen LogP contribution is -2.16. The van der Waals surface area contributed by atoms with Gasteiger partial charge in [0.1, 0.15) is 0 Å². The summed E-state index contributed by atoms with van der Waals surface area (Å²) >= 11 is 0. The monoisotopic (exact) mass is 290 g/mol. The maximum atomic E-state index is 13.7. The molecule has 1 aliphatic carbocycles. The number of ether oxygens (including phenoxy) is 1. The van der Waals surface area contributed by atoms with Gasteiger partial charge in [-0.2, -0.15) is 4.39 Å². The molecule has 0 aromatic heterocycles. The summed E-state index contributed by atoms with van der Waals surface area (Å²) in [5.74, 6) is -2.13. The molecule has 1 nitrogen and oxygen atoms in total. The highest BCUT2D eigenvalue weighted by Gasteiger charge is 2.39. The van der Waals surface area contributed by atoms with Gasteiger partial charge in [0.2, 0.25) is 12.2 Å². The molecule has 0 spiro atoms. The van der Waals surface area contributed by atoms with Crippen molar-refractivity contribution in [3.8, 4) is 5.75 Å². The molecule has 5 heteroatoms. The van der Waals surface area contributed by atoms with Crippen LogP contribution in [0.1, 0.15) is 44.1 Å². The zero-order chi connectivity index (χ0) is 14.9. The molecule has 1 aromatic rings. The Morgan fingerprint density at radius 3 is 2.65 bits per heavy atom. The minimum absolute atomic E-state index is 0.0659. The van der Waals surface area contributed by atoms with Crippen LogP contribution < -0.4 is 4.74 Å². The fourth-order valence-electron chi connectivity index (χ4n) is 3.22. The second-order valence-electron chi connectivity index (χ2n) is 5.83. The second kappa shape index (κ2) is 5.62. The molecular formula is C15H18F4O. The number of hydrogen-bond acceptors (Lipinski definition) is 1. The molecule has 2 rings (SSSR count). The van der Waals surface area contributed by atoms with Gasteiger partial charge in [-0.1, -0.05) is 13.0 Å². The van der Waals surface area contributed by atoms with Crippen LogP contribution in [0, 0.1) is 17.0 Å². The Balaban J connectivity index is 2.24. The highest BCUT2D eigenvalue weighted by Crippen LogP contribution is 2.51. The van der Waals surface area contributed by atoms with Gasteiger partial charge < -0.3 is 4.74 Å². The van der Waals surface area contributed by atoms with E-state index in [9.17, 15) is 17.6 Å². The first-order chi connectivity index (χ1) is 9.36. The van der Waals surface area contributed by atoms with Crippen molar-refractivity contribution in [1.29, 1.82) is 0 Å². The summed E-state index contributed by atoms with van der Waals surface area (Å²) in [6.45, 7) is 1.82. The zero-order valence-electron chi connectivity index (χ0n) is 11.6. The first kappa shape index (κ1) is 15.1. The average molecular weight is 290 g/mol. The minimum Gasteiger partial charge on any atom is -0.493 e. The van der Waals surface area contributed by atoms with E-state index in [2.05, 4.69) is 0 Å². The van der Waals surface area contributed by atoms with E-state index in [1.165, 1.54) is 13.2 Å². The Morgan fingerprint density at radius 2 is 2.05 bits per heavy atom. The summed E-state index contributed by atoms with van der Waals surface area (Å²) in [7, 11) is 1.29. The van der Waals surface area contributed by atoms with Crippen molar-refractivity contribution in [2.45, 2.75) is 45.0 Å². The molecule has 1 aliphatic rings. The van der Waals surface area contributed by atoms with Crippen molar-refractivity contribution in [3.63, 3.8) is 0 Å². The SMILES string of the molecule is COc1c([C@@H]2CC[C@](C)(CC(F)F)C2)ccc(F)c1F. The standard InChI is InChI=1S/C15H18F4O/c1-15(8-12(17)18)6-5-9(7-15)10-3-4-11(16)13(19)14(10)20-2/h3-4,9,12H,5-8H2,1-2H3/t9-,15+/m1/s1. The molecule has 20 heavy (non-hydrogen) atoms. The molecule has 2 atom stereocenters. The van der Waals surface area contributed by atoms with Gasteiger partial charge in [0.05, 0.1) is 7.11 Å². The normalized spacial score (nSPS) is 26.2. The van der Waals surface area contributed by atoms with Crippen molar-refractivity contribution < 1.29 is 22.3 Å². The van der Waals surface area contributed by atoms with Gasteiger partial charge in [0, 0.05) is 12.0 Å². The summed E-state index contributed by atoms with van der Waals surface area (Å²) in [6.07, 6.45) is -0.617. The van der Waals surface area contributed by atoms with E-state index in [1.807, 2.05) is 6.92 Å². The Hall–Kier alpha value is -1.26. The van der Waals surface area contributed by atoms with E-state index in [0.717, 1.165) is 6.07 Å². The zero-order valence-corrected chi connectivity index (χ0v) is 11.6. The van der Waals surface area contributed by atoms with Crippen LogP contribution in [0.25, 0.3) is 0 Å². The summed E-state index contributed by atoms with van der Waals surface area (Å²) in [5.41, 5.74) is 0.124. The lowest BCUT2D eigenvalue weighted by atomic mass is 9.83. The molecule has 0 N–H and O–H groups in total. The highest BCUT2D eigenvalue weighted by atomic mass is 19.3. The molecule has 0 aliphatic heterocycles. The Kier molecular flexibility index (Phi) is 4.25. The van der Waals surface area contributed by atoms with Crippen LogP contribution in [0.4, 0.5) is 17.6 Å². The van der Waals surface area contributed by atoms with E-state index in [4.69, 9.17) is 4.74 Å². The fraction of sp³-hybridized carbons (Fsp3) is 0.600. The number of methoxy groups -OCH3 is 1. The van der Waals surface area contributed by atoms with Crippen molar-refractivity contribution >= 4 is 0 Å². The third-order valence-corrected chi connectivity index (χ3v) is 4.21. The molecule has 0 amide bonds. The summed E-state index contributed by atoms with van der Waals surface area (Å²) in [5, 5.41) is 0. The van der Waals surface area contributed by atoms with Gasteiger partial charge in [-0.05, 0) is 36.7 Å². The van der Waals surface area contributed by atoms with E-state index < -0.39 is 23.5 Å². The number of halogens is 4. The lowest BCUT2D eigenvalue weighted by molar-refractivity contribution is 0.0817. The lowest BCUT2D eigenvalue weighted by Gasteiger charge is -2.24. The molecule has 1 fully saturated rings. The van der Waals surface area contributed by atoms with E-state index in [-0.39, 0.29) is 18.1 Å². The first-order valence-electron chi connectivity index (χ1n) is 6.66. The fourth-order valence-corrected chi connectivity index (χ4v) is 3.22. The van der Waals surface area contributed by atoms with E-state index in [1.54, 1.807) is 0 Å². The Bertz CT molecular complexity index is 489. The highest BCUT2D eigenvalue weighted by molar-refractivity contribution is 5.39. The molecule has 0 unspecified atom stereocenters. The molecule has 1 aromatic carbocycles. The maximum Gasteiger partial charge on any atom is 0.239 e. The van der Waals surface area contributed by atoms with Crippen LogP contribution in [-0.2, 0) is 0 Å². The van der Waals surface area contributed by atoms with Gasteiger partial charge in [-0.25, -0.2) is 13.2 Å². The molecular weight excluding hydrogens is 272 g/mol. The van der Waals surface area contributed by atoms with E-state index in [0.29, 0.717) is 24.8 Å².